The van der Waals surface area contributed by atoms with Crippen molar-refractivity contribution in [2.45, 2.75) is 6.92 Å². The summed E-state index contributed by atoms with van der Waals surface area (Å²) in [6.07, 6.45) is 1.67. The van der Waals surface area contributed by atoms with Gasteiger partial charge < -0.3 is 5.32 Å². The molecule has 0 bridgehead atoms. The molecule has 24 heavy (non-hydrogen) atoms. The largest absolute Gasteiger partial charge is 0.360 e. The Morgan fingerprint density at radius 2 is 2.04 bits per heavy atom. The molecule has 0 aliphatic carbocycles. The molecule has 0 spiro atoms. The number of hydrogen-bond donors (Lipinski definition) is 1. The molecule has 1 aromatic heterocycles. The van der Waals surface area contributed by atoms with Crippen molar-refractivity contribution in [2.75, 3.05) is 5.32 Å². The first-order valence-corrected chi connectivity index (χ1v) is 8.57. The van der Waals surface area contributed by atoms with Crippen molar-refractivity contribution >= 4 is 34.2 Å². The van der Waals surface area contributed by atoms with Crippen molar-refractivity contribution in [2.24, 2.45) is 0 Å². The normalized spacial score (nSPS) is 11.1. The van der Waals surface area contributed by atoms with Crippen LogP contribution in [0.25, 0.3) is 16.8 Å². The molecule has 3 aromatic rings. The van der Waals surface area contributed by atoms with Crippen molar-refractivity contribution in [1.82, 2.24) is 4.98 Å². The van der Waals surface area contributed by atoms with Crippen LogP contribution < -0.4 is 5.32 Å². The quantitative estimate of drug-likeness (QED) is 0.609. The van der Waals surface area contributed by atoms with E-state index in [1.807, 2.05) is 60.8 Å². The Morgan fingerprint density at radius 3 is 2.79 bits per heavy atom. The summed E-state index contributed by atoms with van der Waals surface area (Å²) in [6.45, 7) is 1.98. The van der Waals surface area contributed by atoms with Gasteiger partial charge in [-0.15, -0.1) is 11.3 Å². The minimum atomic E-state index is 0.488. The van der Waals surface area contributed by atoms with Crippen molar-refractivity contribution in [3.63, 3.8) is 0 Å². The minimum absolute atomic E-state index is 0.488. The van der Waals surface area contributed by atoms with E-state index in [2.05, 4.69) is 16.4 Å². The maximum absolute atomic E-state index is 9.44. The molecule has 0 unspecified atom stereocenters. The number of hydrogen-bond acceptors (Lipinski definition) is 4. The molecule has 3 rings (SSSR count). The molecular weight excluding hydrogens is 338 g/mol. The predicted molar refractivity (Wildman–Crippen MR) is 101 cm³/mol. The molecule has 0 aliphatic rings. The SMILES string of the molecule is Cc1ccc(Cl)cc1N/C=C(\C#N)c1nc(-c2ccccc2)cs1. The Labute approximate surface area is 149 Å². The highest BCUT2D eigenvalue weighted by molar-refractivity contribution is 7.11. The molecule has 1 heterocycles. The highest BCUT2D eigenvalue weighted by Crippen LogP contribution is 2.26. The third-order valence-corrected chi connectivity index (χ3v) is 4.61. The number of halogens is 1. The molecule has 0 aliphatic heterocycles. The van der Waals surface area contributed by atoms with Gasteiger partial charge in [0, 0.05) is 27.9 Å². The van der Waals surface area contributed by atoms with Crippen LogP contribution in [0, 0.1) is 18.3 Å². The average molecular weight is 352 g/mol. The van der Waals surface area contributed by atoms with E-state index < -0.39 is 0 Å². The molecule has 0 saturated carbocycles. The molecular formula is C19H14ClN3S. The Morgan fingerprint density at radius 1 is 1.25 bits per heavy atom. The standard InChI is InChI=1S/C19H14ClN3S/c1-13-7-8-16(20)9-17(13)22-11-15(10-21)19-23-18(12-24-19)14-5-3-2-4-6-14/h2-9,11-12,22H,1H3/b15-11+. The lowest BCUT2D eigenvalue weighted by atomic mass is 10.2. The summed E-state index contributed by atoms with van der Waals surface area (Å²) < 4.78 is 0. The second kappa shape index (κ2) is 7.31. The third-order valence-electron chi connectivity index (χ3n) is 3.50. The number of rotatable bonds is 4. The van der Waals surface area contributed by atoms with Crippen LogP contribution in [-0.4, -0.2) is 4.98 Å². The highest BCUT2D eigenvalue weighted by Gasteiger charge is 2.09. The molecule has 0 atom stereocenters. The number of aryl methyl sites for hydroxylation is 1. The number of nitriles is 1. The zero-order valence-electron chi connectivity index (χ0n) is 13.0. The lowest BCUT2D eigenvalue weighted by Gasteiger charge is -2.06. The number of nitrogens with one attached hydrogen (secondary N) is 1. The van der Waals surface area contributed by atoms with Gasteiger partial charge in [0.25, 0.3) is 0 Å². The van der Waals surface area contributed by atoms with E-state index in [-0.39, 0.29) is 0 Å². The van der Waals surface area contributed by atoms with E-state index in [0.717, 1.165) is 22.5 Å². The average Bonchev–Trinajstić information content (AvgIpc) is 3.09. The Kier molecular flexibility index (Phi) is 4.95. The number of allylic oxidation sites excluding steroid dienone is 1. The van der Waals surface area contributed by atoms with Crippen molar-refractivity contribution in [1.29, 1.82) is 5.26 Å². The first-order chi connectivity index (χ1) is 11.7. The van der Waals surface area contributed by atoms with E-state index in [9.17, 15) is 5.26 Å². The van der Waals surface area contributed by atoms with Crippen LogP contribution >= 0.6 is 22.9 Å². The van der Waals surface area contributed by atoms with E-state index in [4.69, 9.17) is 11.6 Å². The summed E-state index contributed by atoms with van der Waals surface area (Å²) in [4.78, 5) is 4.57. The van der Waals surface area contributed by atoms with Gasteiger partial charge in [-0.1, -0.05) is 48.0 Å². The second-order valence-corrected chi connectivity index (χ2v) is 6.47. The van der Waals surface area contributed by atoms with Crippen molar-refractivity contribution < 1.29 is 0 Å². The fourth-order valence-electron chi connectivity index (χ4n) is 2.18. The zero-order valence-corrected chi connectivity index (χ0v) is 14.5. The van der Waals surface area contributed by atoms with Gasteiger partial charge in [0.15, 0.2) is 0 Å². The van der Waals surface area contributed by atoms with Crippen LogP contribution in [-0.2, 0) is 0 Å². The number of anilines is 1. The monoisotopic (exact) mass is 351 g/mol. The molecule has 0 amide bonds. The molecule has 5 heteroatoms. The van der Waals surface area contributed by atoms with Crippen LogP contribution in [0.1, 0.15) is 10.6 Å². The maximum Gasteiger partial charge on any atom is 0.136 e. The van der Waals surface area contributed by atoms with Gasteiger partial charge in [-0.25, -0.2) is 4.98 Å². The lowest BCUT2D eigenvalue weighted by molar-refractivity contribution is 1.36. The first kappa shape index (κ1) is 16.3. The zero-order chi connectivity index (χ0) is 16.9. The Hall–Kier alpha value is -2.61. The number of nitrogens with zero attached hydrogens (tertiary/aromatic N) is 2. The van der Waals surface area contributed by atoms with E-state index in [0.29, 0.717) is 15.6 Å². The van der Waals surface area contributed by atoms with Crippen molar-refractivity contribution in [3.8, 4) is 17.3 Å². The van der Waals surface area contributed by atoms with Gasteiger partial charge in [-0.05, 0) is 24.6 Å². The first-order valence-electron chi connectivity index (χ1n) is 7.31. The number of thiazole rings is 1. The van der Waals surface area contributed by atoms with Gasteiger partial charge in [0.2, 0.25) is 0 Å². The van der Waals surface area contributed by atoms with Crippen LogP contribution in [0.4, 0.5) is 5.69 Å². The summed E-state index contributed by atoms with van der Waals surface area (Å²) in [5.41, 5.74) is 4.32. The van der Waals surface area contributed by atoms with Gasteiger partial charge in [0.1, 0.15) is 16.6 Å². The minimum Gasteiger partial charge on any atom is -0.360 e. The second-order valence-electron chi connectivity index (χ2n) is 5.18. The fourth-order valence-corrected chi connectivity index (χ4v) is 3.15. The molecule has 3 nitrogen and oxygen atoms in total. The molecule has 0 fully saturated rings. The van der Waals surface area contributed by atoms with E-state index >= 15 is 0 Å². The van der Waals surface area contributed by atoms with Gasteiger partial charge in [-0.3, -0.25) is 0 Å². The predicted octanol–water partition coefficient (Wildman–Crippen LogP) is 5.75. The van der Waals surface area contributed by atoms with E-state index in [1.165, 1.54) is 11.3 Å². The summed E-state index contributed by atoms with van der Waals surface area (Å²) in [6, 6.07) is 17.7. The summed E-state index contributed by atoms with van der Waals surface area (Å²) in [5, 5.41) is 15.9. The van der Waals surface area contributed by atoms with Crippen LogP contribution in [0.15, 0.2) is 60.1 Å². The third kappa shape index (κ3) is 3.65. The van der Waals surface area contributed by atoms with Crippen molar-refractivity contribution in [3.05, 3.63) is 75.7 Å². The van der Waals surface area contributed by atoms with E-state index in [1.54, 1.807) is 6.20 Å². The maximum atomic E-state index is 9.44. The molecule has 118 valence electrons. The van der Waals surface area contributed by atoms with Gasteiger partial charge in [0.05, 0.1) is 5.69 Å². The number of aromatic nitrogens is 1. The van der Waals surface area contributed by atoms with Crippen LogP contribution in [0.3, 0.4) is 0 Å². The summed E-state index contributed by atoms with van der Waals surface area (Å²) in [7, 11) is 0. The van der Waals surface area contributed by atoms with Crippen LogP contribution in [0.2, 0.25) is 5.02 Å². The highest BCUT2D eigenvalue weighted by atomic mass is 35.5. The summed E-state index contributed by atoms with van der Waals surface area (Å²) in [5.74, 6) is 0. The smallest absolute Gasteiger partial charge is 0.136 e. The Balaban J connectivity index is 1.86. The van der Waals surface area contributed by atoms with Gasteiger partial charge in [-0.2, -0.15) is 5.26 Å². The number of benzene rings is 2. The lowest BCUT2D eigenvalue weighted by Crippen LogP contribution is -1.93. The topological polar surface area (TPSA) is 48.7 Å². The summed E-state index contributed by atoms with van der Waals surface area (Å²) >= 11 is 7.47. The fraction of sp³-hybridized carbons (Fsp3) is 0.0526. The molecule has 1 N–H and O–H groups in total. The molecule has 0 saturated heterocycles. The van der Waals surface area contributed by atoms with Gasteiger partial charge >= 0.3 is 0 Å². The molecule has 2 aromatic carbocycles. The molecule has 0 radical (unpaired) electrons. The Bertz CT molecular complexity index is 923. The van der Waals surface area contributed by atoms with Crippen LogP contribution in [0.5, 0.6) is 0 Å².